The maximum absolute atomic E-state index is 12.8. The summed E-state index contributed by atoms with van der Waals surface area (Å²) in [4.78, 5) is 12.8. The minimum Gasteiger partial charge on any atom is -0.323 e. The lowest BCUT2D eigenvalue weighted by molar-refractivity contribution is -0.110. The molecule has 3 aromatic rings. The summed E-state index contributed by atoms with van der Waals surface area (Å²) in [6, 6.07) is 30.6. The highest BCUT2D eigenvalue weighted by atomic mass is 32.4. The number of carbonyl (C=O) groups excluding carboxylic acids is 1. The summed E-state index contributed by atoms with van der Waals surface area (Å²) in [5, 5.41) is 0.962. The molecule has 1 fully saturated rings. The highest BCUT2D eigenvalue weighted by molar-refractivity contribution is 8.18. The number of rotatable bonds is 7. The summed E-state index contributed by atoms with van der Waals surface area (Å²) in [6.07, 6.45) is -2.11. The van der Waals surface area contributed by atoms with E-state index in [0.717, 1.165) is 35.3 Å². The van der Waals surface area contributed by atoms with Crippen LogP contribution < -0.4 is 9.34 Å². The molecule has 0 bridgehead atoms. The number of allylic oxidation sites excluding steroid dienone is 1. The van der Waals surface area contributed by atoms with Gasteiger partial charge < -0.3 is 9.34 Å². The molecule has 4 rings (SSSR count). The molecule has 3 nitrogen and oxygen atoms in total. The molecule has 31 heavy (non-hydrogen) atoms. The molecule has 0 atom stereocenters. The zero-order chi connectivity index (χ0) is 21.7. The Labute approximate surface area is 193 Å². The molecule has 1 saturated heterocycles. The predicted molar refractivity (Wildman–Crippen MR) is 138 cm³/mol. The topological polar surface area (TPSA) is 23.6 Å². The third-order valence-electron chi connectivity index (χ3n) is 5.29. The predicted octanol–water partition coefficient (Wildman–Crippen LogP) is 6.69. The van der Waals surface area contributed by atoms with Gasteiger partial charge in [0.25, 0.3) is 0 Å². The Morgan fingerprint density at radius 1 is 0.839 bits per heavy atom. The van der Waals surface area contributed by atoms with Gasteiger partial charge in [-0.1, -0.05) is 85.1 Å². The smallest absolute Gasteiger partial charge is 0.193 e. The first-order valence-electron chi connectivity index (χ1n) is 10.2. The van der Waals surface area contributed by atoms with Crippen molar-refractivity contribution in [2.24, 2.45) is 0 Å². The average Bonchev–Trinajstić information content (AvgIpc) is 3.18. The van der Waals surface area contributed by atoms with Crippen molar-refractivity contribution in [1.29, 1.82) is 0 Å². The second-order valence-electron chi connectivity index (χ2n) is 7.35. The van der Waals surface area contributed by atoms with Crippen molar-refractivity contribution in [2.75, 3.05) is 22.4 Å². The molecular weight excluding hydrogens is 439 g/mol. The number of nitrogens with zero attached hydrogens (tertiary/aromatic N) is 2. The van der Waals surface area contributed by atoms with Crippen molar-refractivity contribution in [2.45, 2.75) is 12.2 Å². The average molecular weight is 465 g/mol. The van der Waals surface area contributed by atoms with E-state index in [4.69, 9.17) is 11.8 Å². The molecule has 1 aliphatic heterocycles. The molecule has 1 heterocycles. The van der Waals surface area contributed by atoms with E-state index in [1.54, 1.807) is 0 Å². The van der Waals surface area contributed by atoms with Crippen molar-refractivity contribution >= 4 is 46.4 Å². The highest BCUT2D eigenvalue weighted by Crippen LogP contribution is 2.66. The molecule has 0 N–H and O–H groups in total. The number of thioether (sulfide) groups is 1. The zero-order valence-corrected chi connectivity index (χ0v) is 19.8. The van der Waals surface area contributed by atoms with Gasteiger partial charge in [-0.2, -0.15) is 0 Å². The Morgan fingerprint density at radius 3 is 1.77 bits per heavy atom. The highest BCUT2D eigenvalue weighted by Gasteiger charge is 2.41. The maximum atomic E-state index is 12.8. The monoisotopic (exact) mass is 464 g/mol. The van der Waals surface area contributed by atoms with Gasteiger partial charge in [-0.15, -0.1) is 0 Å². The van der Waals surface area contributed by atoms with E-state index in [2.05, 4.69) is 40.2 Å². The molecule has 0 unspecified atom stereocenters. The van der Waals surface area contributed by atoms with Gasteiger partial charge >= 0.3 is 0 Å². The van der Waals surface area contributed by atoms with E-state index >= 15 is 0 Å². The first-order valence-corrected chi connectivity index (χ1v) is 13.9. The Kier molecular flexibility index (Phi) is 6.96. The van der Waals surface area contributed by atoms with Crippen LogP contribution in [0.4, 0.5) is 11.4 Å². The molecule has 0 radical (unpaired) electrons. The number of hydrogen-bond acceptors (Lipinski definition) is 3. The molecule has 0 saturated carbocycles. The van der Waals surface area contributed by atoms with Gasteiger partial charge in [0.15, 0.2) is 5.12 Å². The van der Waals surface area contributed by atoms with Crippen LogP contribution >= 0.6 is 18.1 Å². The summed E-state index contributed by atoms with van der Waals surface area (Å²) in [7, 11) is 0. The van der Waals surface area contributed by atoms with Crippen LogP contribution in [0.25, 0.3) is 0 Å². The molecule has 0 amide bonds. The zero-order valence-electron chi connectivity index (χ0n) is 17.3. The van der Waals surface area contributed by atoms with Gasteiger partial charge in [0.05, 0.1) is 0 Å². The third-order valence-corrected chi connectivity index (χ3v) is 11.3. The number of para-hydroxylation sites is 2. The van der Waals surface area contributed by atoms with Gasteiger partial charge in [-0.25, -0.2) is 0 Å². The summed E-state index contributed by atoms with van der Waals surface area (Å²) >= 11 is 7.74. The minimum absolute atomic E-state index is 0.117. The second kappa shape index (κ2) is 9.86. The van der Waals surface area contributed by atoms with E-state index in [1.807, 2.05) is 66.7 Å². The first kappa shape index (κ1) is 21.9. The second-order valence-corrected chi connectivity index (χ2v) is 12.6. The van der Waals surface area contributed by atoms with Crippen LogP contribution in [0.3, 0.4) is 0 Å². The molecule has 0 spiro atoms. The lowest BCUT2D eigenvalue weighted by Crippen LogP contribution is -2.20. The third kappa shape index (κ3) is 4.79. The molecule has 0 aliphatic carbocycles. The fourth-order valence-corrected chi connectivity index (χ4v) is 8.82. The van der Waals surface area contributed by atoms with E-state index in [-0.39, 0.29) is 5.12 Å². The van der Waals surface area contributed by atoms with E-state index in [1.165, 1.54) is 11.8 Å². The molecule has 0 aromatic heterocycles. The van der Waals surface area contributed by atoms with Gasteiger partial charge in [-0.3, -0.25) is 4.79 Å². The summed E-state index contributed by atoms with van der Waals surface area (Å²) in [6.45, 7) is 6.02. The van der Waals surface area contributed by atoms with Crippen molar-refractivity contribution in [3.05, 3.63) is 108 Å². The lowest BCUT2D eigenvalue weighted by atomic mass is 10.2. The van der Waals surface area contributed by atoms with Gasteiger partial charge in [-0.05, 0) is 41.6 Å². The van der Waals surface area contributed by atoms with Crippen LogP contribution in [0.5, 0.6) is 0 Å². The summed E-state index contributed by atoms with van der Waals surface area (Å²) in [5.41, 5.74) is 3.33. The molecule has 6 heteroatoms. The fraction of sp³-hybridized carbons (Fsp3) is 0.160. The number of carbonyl (C=O) groups is 1. The van der Waals surface area contributed by atoms with Crippen LogP contribution in [-0.4, -0.2) is 18.2 Å². The van der Waals surface area contributed by atoms with E-state index < -0.39 is 6.34 Å². The first-order chi connectivity index (χ1) is 15.1. The number of anilines is 2. The van der Waals surface area contributed by atoms with Crippen molar-refractivity contribution < 1.29 is 4.79 Å². The Hall–Kier alpha value is -2.33. The van der Waals surface area contributed by atoms with Crippen LogP contribution in [-0.2, 0) is 22.4 Å². The molecular formula is C25H25N2OPS2. The number of hydrogen-bond donors (Lipinski definition) is 0. The van der Waals surface area contributed by atoms with Gasteiger partial charge in [0.1, 0.15) is 6.34 Å². The van der Waals surface area contributed by atoms with Crippen LogP contribution in [0.2, 0.25) is 0 Å². The normalized spacial score (nSPS) is 15.1. The summed E-state index contributed by atoms with van der Waals surface area (Å²) in [5.74, 6) is 0.667. The van der Waals surface area contributed by atoms with Crippen LogP contribution in [0, 0.1) is 0 Å². The van der Waals surface area contributed by atoms with Crippen LogP contribution in [0.15, 0.2) is 103 Å². The van der Waals surface area contributed by atoms with Crippen molar-refractivity contribution in [1.82, 2.24) is 0 Å². The van der Waals surface area contributed by atoms with Crippen LogP contribution in [0.1, 0.15) is 12.0 Å². The van der Waals surface area contributed by atoms with E-state index in [9.17, 15) is 4.79 Å². The summed E-state index contributed by atoms with van der Waals surface area (Å²) < 4.78 is 4.60. The van der Waals surface area contributed by atoms with Crippen molar-refractivity contribution in [3.8, 4) is 0 Å². The largest absolute Gasteiger partial charge is 0.323 e. The SMILES string of the molecule is C=C(CC(=O)SCc1ccccc1)P1(=S)N(c2ccccc2)CCN1c1ccccc1. The number of benzene rings is 3. The van der Waals surface area contributed by atoms with E-state index in [0.29, 0.717) is 12.2 Å². The molecule has 3 aromatic carbocycles. The lowest BCUT2D eigenvalue weighted by Gasteiger charge is -2.37. The maximum Gasteiger partial charge on any atom is 0.193 e. The Bertz CT molecular complexity index is 1040. The van der Waals surface area contributed by atoms with Crippen molar-refractivity contribution in [3.63, 3.8) is 0 Å². The fourth-order valence-electron chi connectivity index (χ4n) is 3.76. The quantitative estimate of drug-likeness (QED) is 0.363. The standard InChI is InChI=1S/C25H25N2OPS2/c1-21(19-25(28)31-20-22-11-5-2-6-12-22)29(30)26(23-13-7-3-8-14-23)17-18-27(29)24-15-9-4-10-16-24/h2-16H,1,17-20H2. The molecule has 158 valence electrons. The minimum atomic E-state index is -2.40. The Morgan fingerprint density at radius 2 is 1.29 bits per heavy atom. The Balaban J connectivity index is 1.57. The molecule has 1 aliphatic rings. The van der Waals surface area contributed by atoms with Gasteiger partial charge in [0.2, 0.25) is 0 Å². The van der Waals surface area contributed by atoms with Gasteiger partial charge in [0, 0.05) is 42.0 Å².